The third-order valence-corrected chi connectivity index (χ3v) is 3.09. The number of rotatable bonds is 4. The molecule has 1 aliphatic heterocycles. The molecule has 16 heavy (non-hydrogen) atoms. The van der Waals surface area contributed by atoms with Crippen LogP contribution in [0.15, 0.2) is 0 Å². The maximum Gasteiger partial charge on any atom is 0.303 e. The number of carbonyl (C=O) groups is 2. The predicted octanol–water partition coefficient (Wildman–Crippen LogP) is 0.404. The Balaban J connectivity index is 2.39. The number of hydrogen-bond donors (Lipinski definition) is 1. The molecule has 1 saturated heterocycles. The number of carboxylic acids is 1. The van der Waals surface area contributed by atoms with E-state index in [0.29, 0.717) is 0 Å². The minimum atomic E-state index is -0.914. The van der Waals surface area contributed by atoms with E-state index in [4.69, 9.17) is 5.11 Å². The second kappa shape index (κ2) is 5.84. The Labute approximate surface area is 96.0 Å². The van der Waals surface area contributed by atoms with Crippen LogP contribution in [0, 0.1) is 0 Å². The van der Waals surface area contributed by atoms with E-state index in [2.05, 4.69) is 4.90 Å². The van der Waals surface area contributed by atoms with Gasteiger partial charge in [0.2, 0.25) is 5.91 Å². The Morgan fingerprint density at radius 2 is 2.12 bits per heavy atom. The molecule has 1 aliphatic rings. The number of aliphatic carboxylic acids is 1. The van der Waals surface area contributed by atoms with E-state index in [9.17, 15) is 9.59 Å². The minimum Gasteiger partial charge on any atom is -0.481 e. The van der Waals surface area contributed by atoms with E-state index >= 15 is 0 Å². The molecular weight excluding hydrogens is 208 g/mol. The van der Waals surface area contributed by atoms with Crippen LogP contribution < -0.4 is 0 Å². The number of hydrogen-bond acceptors (Lipinski definition) is 3. The van der Waals surface area contributed by atoms with Crippen molar-refractivity contribution in [2.24, 2.45) is 0 Å². The first-order valence-electron chi connectivity index (χ1n) is 5.66. The van der Waals surface area contributed by atoms with Gasteiger partial charge in [-0.15, -0.1) is 0 Å². The van der Waals surface area contributed by atoms with E-state index in [-0.39, 0.29) is 24.8 Å². The molecule has 5 heteroatoms. The molecule has 0 aromatic rings. The zero-order chi connectivity index (χ0) is 12.1. The highest BCUT2D eigenvalue weighted by molar-refractivity contribution is 5.80. The van der Waals surface area contributed by atoms with Crippen LogP contribution in [0.1, 0.15) is 25.7 Å². The van der Waals surface area contributed by atoms with Gasteiger partial charge < -0.3 is 14.9 Å². The van der Waals surface area contributed by atoms with E-state index in [1.54, 1.807) is 11.9 Å². The second-order valence-corrected chi connectivity index (χ2v) is 4.46. The standard InChI is InChI=1S/C11H20N2O3/c1-12-7-3-4-9(8-12)13(2)10(14)5-6-11(15)16/h9H,3-8H2,1-2H3,(H,15,16). The van der Waals surface area contributed by atoms with Crippen molar-refractivity contribution < 1.29 is 14.7 Å². The van der Waals surface area contributed by atoms with E-state index in [1.807, 2.05) is 7.05 Å². The van der Waals surface area contributed by atoms with Crippen molar-refractivity contribution in [3.05, 3.63) is 0 Å². The van der Waals surface area contributed by atoms with Gasteiger partial charge in [0, 0.05) is 26.1 Å². The molecule has 0 aromatic carbocycles. The van der Waals surface area contributed by atoms with Crippen LogP contribution in [0.3, 0.4) is 0 Å². The van der Waals surface area contributed by atoms with Crippen LogP contribution in [0.5, 0.6) is 0 Å². The summed E-state index contributed by atoms with van der Waals surface area (Å²) in [7, 11) is 3.82. The predicted molar refractivity (Wildman–Crippen MR) is 60.2 cm³/mol. The average molecular weight is 228 g/mol. The molecular formula is C11H20N2O3. The Hall–Kier alpha value is -1.10. The van der Waals surface area contributed by atoms with Crippen LogP contribution >= 0.6 is 0 Å². The first-order valence-corrected chi connectivity index (χ1v) is 5.66. The summed E-state index contributed by atoms with van der Waals surface area (Å²) in [6, 6.07) is 0.236. The molecule has 1 N–H and O–H groups in total. The van der Waals surface area contributed by atoms with Gasteiger partial charge >= 0.3 is 5.97 Å². The molecule has 1 amide bonds. The van der Waals surface area contributed by atoms with Gasteiger partial charge in [-0.25, -0.2) is 0 Å². The van der Waals surface area contributed by atoms with Crippen molar-refractivity contribution in [3.8, 4) is 0 Å². The van der Waals surface area contributed by atoms with Gasteiger partial charge in [-0.3, -0.25) is 9.59 Å². The summed E-state index contributed by atoms with van der Waals surface area (Å²) >= 11 is 0. The molecule has 1 rings (SSSR count). The summed E-state index contributed by atoms with van der Waals surface area (Å²) in [5.74, 6) is -0.981. The molecule has 0 bridgehead atoms. The monoisotopic (exact) mass is 228 g/mol. The lowest BCUT2D eigenvalue weighted by atomic mass is 10.0. The van der Waals surface area contributed by atoms with Crippen LogP contribution in [-0.4, -0.2) is 60.0 Å². The number of likely N-dealkylation sites (tertiary alicyclic amines) is 1. The Morgan fingerprint density at radius 3 is 2.69 bits per heavy atom. The third-order valence-electron chi connectivity index (χ3n) is 3.09. The van der Waals surface area contributed by atoms with Crippen molar-refractivity contribution in [1.82, 2.24) is 9.80 Å². The number of piperidine rings is 1. The largest absolute Gasteiger partial charge is 0.481 e. The van der Waals surface area contributed by atoms with E-state index in [1.165, 1.54) is 0 Å². The molecule has 1 unspecified atom stereocenters. The van der Waals surface area contributed by atoms with Gasteiger partial charge in [-0.1, -0.05) is 0 Å². The van der Waals surface area contributed by atoms with Gasteiger partial charge in [0.15, 0.2) is 0 Å². The third kappa shape index (κ3) is 3.81. The Morgan fingerprint density at radius 1 is 1.44 bits per heavy atom. The highest BCUT2D eigenvalue weighted by Crippen LogP contribution is 2.14. The summed E-state index contributed by atoms with van der Waals surface area (Å²) in [5, 5.41) is 8.52. The number of carbonyl (C=O) groups excluding carboxylic acids is 1. The number of carboxylic acid groups (broad SMARTS) is 1. The maximum absolute atomic E-state index is 11.7. The van der Waals surface area contributed by atoms with Crippen molar-refractivity contribution in [2.75, 3.05) is 27.2 Å². The fraction of sp³-hybridized carbons (Fsp3) is 0.818. The highest BCUT2D eigenvalue weighted by Gasteiger charge is 2.24. The lowest BCUT2D eigenvalue weighted by Gasteiger charge is -2.35. The number of nitrogens with zero attached hydrogens (tertiary/aromatic N) is 2. The first-order chi connectivity index (χ1) is 7.50. The molecule has 0 radical (unpaired) electrons. The van der Waals surface area contributed by atoms with Gasteiger partial charge in [0.05, 0.1) is 6.42 Å². The summed E-state index contributed by atoms with van der Waals surface area (Å²) < 4.78 is 0. The molecule has 1 fully saturated rings. The quantitative estimate of drug-likeness (QED) is 0.757. The van der Waals surface area contributed by atoms with Crippen LogP contribution in [-0.2, 0) is 9.59 Å². The Kier molecular flexibility index (Phi) is 4.73. The van der Waals surface area contributed by atoms with Crippen LogP contribution in [0.25, 0.3) is 0 Å². The van der Waals surface area contributed by atoms with E-state index in [0.717, 1.165) is 25.9 Å². The first kappa shape index (κ1) is 13.0. The Bertz CT molecular complexity index is 268. The van der Waals surface area contributed by atoms with Gasteiger partial charge in [0.1, 0.15) is 0 Å². The normalized spacial score (nSPS) is 21.8. The maximum atomic E-state index is 11.7. The molecule has 1 heterocycles. The fourth-order valence-electron chi connectivity index (χ4n) is 2.05. The average Bonchev–Trinajstić information content (AvgIpc) is 2.24. The smallest absolute Gasteiger partial charge is 0.303 e. The molecule has 0 aliphatic carbocycles. The van der Waals surface area contributed by atoms with Crippen molar-refractivity contribution in [3.63, 3.8) is 0 Å². The summed E-state index contributed by atoms with van der Waals surface area (Å²) in [5.41, 5.74) is 0. The zero-order valence-corrected chi connectivity index (χ0v) is 9.98. The molecule has 1 atom stereocenters. The SMILES string of the molecule is CN1CCCC(N(C)C(=O)CCC(=O)O)C1. The summed E-state index contributed by atoms with van der Waals surface area (Å²) in [4.78, 5) is 26.0. The number of amides is 1. The van der Waals surface area contributed by atoms with Gasteiger partial charge in [0.25, 0.3) is 0 Å². The highest BCUT2D eigenvalue weighted by atomic mass is 16.4. The van der Waals surface area contributed by atoms with Crippen LogP contribution in [0.4, 0.5) is 0 Å². The molecule has 5 nitrogen and oxygen atoms in total. The van der Waals surface area contributed by atoms with Gasteiger partial charge in [-0.2, -0.15) is 0 Å². The molecule has 0 aromatic heterocycles. The fourth-order valence-corrected chi connectivity index (χ4v) is 2.05. The summed E-state index contributed by atoms with van der Waals surface area (Å²) in [6.45, 7) is 1.96. The lowest BCUT2D eigenvalue weighted by molar-refractivity contribution is -0.141. The van der Waals surface area contributed by atoms with Crippen molar-refractivity contribution in [1.29, 1.82) is 0 Å². The topological polar surface area (TPSA) is 60.9 Å². The number of likely N-dealkylation sites (N-methyl/N-ethyl adjacent to an activating group) is 2. The molecule has 0 saturated carbocycles. The van der Waals surface area contributed by atoms with Crippen molar-refractivity contribution >= 4 is 11.9 Å². The van der Waals surface area contributed by atoms with Crippen molar-refractivity contribution in [2.45, 2.75) is 31.7 Å². The van der Waals surface area contributed by atoms with Gasteiger partial charge in [-0.05, 0) is 26.4 Å². The molecule has 0 spiro atoms. The lowest BCUT2D eigenvalue weighted by Crippen LogP contribution is -2.47. The van der Waals surface area contributed by atoms with Crippen LogP contribution in [0.2, 0.25) is 0 Å². The second-order valence-electron chi connectivity index (χ2n) is 4.46. The van der Waals surface area contributed by atoms with E-state index < -0.39 is 5.97 Å². The molecule has 92 valence electrons. The minimum absolute atomic E-state index is 0.0669. The summed E-state index contributed by atoms with van der Waals surface area (Å²) in [6.07, 6.45) is 2.13. The zero-order valence-electron chi connectivity index (χ0n) is 9.98.